The first-order valence-electron chi connectivity index (χ1n) is 7.04. The van der Waals surface area contributed by atoms with E-state index in [-0.39, 0.29) is 12.5 Å². The Labute approximate surface area is 139 Å². The second kappa shape index (κ2) is 7.15. The fourth-order valence-electron chi connectivity index (χ4n) is 2.12. The minimum Gasteiger partial charge on any atom is -0.354 e. The molecule has 1 N–H and O–H groups in total. The van der Waals surface area contributed by atoms with Crippen molar-refractivity contribution in [1.82, 2.24) is 24.9 Å². The second-order valence-corrected chi connectivity index (χ2v) is 5.93. The number of rotatable bonds is 6. The maximum atomic E-state index is 11.9. The topological polar surface area (TPSA) is 64.7 Å². The first-order valence-corrected chi connectivity index (χ1v) is 7.80. The molecule has 0 aromatic carbocycles. The number of aryl methyl sites for hydroxylation is 2. The Morgan fingerprint density at radius 1 is 1.23 bits per heavy atom. The van der Waals surface area contributed by atoms with Gasteiger partial charge in [0.05, 0.1) is 33.3 Å². The number of hydrogen-bond acceptors (Lipinski definition) is 3. The summed E-state index contributed by atoms with van der Waals surface area (Å²) in [4.78, 5) is 11.9. The Morgan fingerprint density at radius 2 is 1.95 bits per heavy atom. The van der Waals surface area contributed by atoms with Gasteiger partial charge in [-0.3, -0.25) is 14.2 Å². The number of nitrogens with zero attached hydrogens (tertiary/aromatic N) is 4. The number of nitrogens with one attached hydrogen (secondary N) is 1. The van der Waals surface area contributed by atoms with Crippen molar-refractivity contribution >= 4 is 29.1 Å². The van der Waals surface area contributed by atoms with Gasteiger partial charge >= 0.3 is 0 Å². The van der Waals surface area contributed by atoms with E-state index in [4.69, 9.17) is 23.2 Å². The molecular weight excluding hydrogens is 325 g/mol. The summed E-state index contributed by atoms with van der Waals surface area (Å²) in [7, 11) is 0. The van der Waals surface area contributed by atoms with Gasteiger partial charge in [-0.15, -0.1) is 0 Å². The molecule has 2 heterocycles. The van der Waals surface area contributed by atoms with Gasteiger partial charge in [0.1, 0.15) is 6.54 Å². The van der Waals surface area contributed by atoms with E-state index in [2.05, 4.69) is 15.5 Å². The first kappa shape index (κ1) is 16.8. The fourth-order valence-corrected chi connectivity index (χ4v) is 2.40. The third-order valence-corrected chi connectivity index (χ3v) is 4.42. The molecule has 2 rings (SSSR count). The zero-order chi connectivity index (χ0) is 16.3. The van der Waals surface area contributed by atoms with Crippen LogP contribution in [0.2, 0.25) is 10.0 Å². The third-order valence-electron chi connectivity index (χ3n) is 3.50. The molecule has 0 atom stereocenters. The number of carbonyl (C=O) groups is 1. The maximum Gasteiger partial charge on any atom is 0.241 e. The number of carbonyl (C=O) groups excluding carboxylic acids is 1. The smallest absolute Gasteiger partial charge is 0.241 e. The molecule has 0 saturated heterocycles. The molecule has 0 saturated carbocycles. The Balaban J connectivity index is 1.75. The lowest BCUT2D eigenvalue weighted by Crippen LogP contribution is -2.29. The van der Waals surface area contributed by atoms with Crippen LogP contribution in [0.15, 0.2) is 6.20 Å². The van der Waals surface area contributed by atoms with Crippen molar-refractivity contribution in [2.24, 2.45) is 0 Å². The Bertz CT molecular complexity index is 677. The van der Waals surface area contributed by atoms with Crippen LogP contribution in [0.5, 0.6) is 0 Å². The molecule has 0 fully saturated rings. The Morgan fingerprint density at radius 3 is 2.50 bits per heavy atom. The molecule has 120 valence electrons. The molecule has 0 radical (unpaired) electrons. The van der Waals surface area contributed by atoms with E-state index in [9.17, 15) is 4.79 Å². The van der Waals surface area contributed by atoms with Crippen LogP contribution in [-0.2, 0) is 17.9 Å². The number of amides is 1. The number of aromatic nitrogens is 4. The zero-order valence-electron chi connectivity index (χ0n) is 12.9. The average Bonchev–Trinajstić information content (AvgIpc) is 2.92. The van der Waals surface area contributed by atoms with Gasteiger partial charge in [-0.05, 0) is 27.2 Å². The van der Waals surface area contributed by atoms with Gasteiger partial charge in [0.25, 0.3) is 0 Å². The third kappa shape index (κ3) is 3.81. The molecule has 2 aromatic heterocycles. The van der Waals surface area contributed by atoms with Crippen LogP contribution in [0.1, 0.15) is 23.5 Å². The van der Waals surface area contributed by atoms with Gasteiger partial charge in [-0.25, -0.2) is 0 Å². The number of halogens is 2. The van der Waals surface area contributed by atoms with Gasteiger partial charge in [0.2, 0.25) is 5.91 Å². The summed E-state index contributed by atoms with van der Waals surface area (Å²) in [6.07, 6.45) is 2.32. The van der Waals surface area contributed by atoms with Crippen LogP contribution in [0, 0.1) is 20.8 Å². The van der Waals surface area contributed by atoms with E-state index in [1.807, 2.05) is 25.5 Å². The van der Waals surface area contributed by atoms with Crippen molar-refractivity contribution in [3.05, 3.63) is 33.3 Å². The highest BCUT2D eigenvalue weighted by atomic mass is 35.5. The van der Waals surface area contributed by atoms with E-state index in [0.717, 1.165) is 23.5 Å². The van der Waals surface area contributed by atoms with E-state index in [1.165, 1.54) is 6.20 Å². The molecule has 0 aliphatic carbocycles. The lowest BCUT2D eigenvalue weighted by molar-refractivity contribution is -0.121. The van der Waals surface area contributed by atoms with E-state index in [0.29, 0.717) is 23.1 Å². The Hall–Kier alpha value is -1.53. The summed E-state index contributed by atoms with van der Waals surface area (Å²) >= 11 is 12.0. The molecule has 6 nitrogen and oxygen atoms in total. The lowest BCUT2D eigenvalue weighted by atomic mass is 10.3. The molecule has 2 aromatic rings. The van der Waals surface area contributed by atoms with E-state index >= 15 is 0 Å². The molecular formula is C14H19Cl2N5O. The number of hydrogen-bond donors (Lipinski definition) is 1. The fraction of sp³-hybridized carbons (Fsp3) is 0.500. The quantitative estimate of drug-likeness (QED) is 0.819. The van der Waals surface area contributed by atoms with Crippen LogP contribution < -0.4 is 5.32 Å². The van der Waals surface area contributed by atoms with Crippen LogP contribution in [0.4, 0.5) is 0 Å². The minimum absolute atomic E-state index is 0.0886. The molecule has 0 spiro atoms. The molecule has 0 bridgehead atoms. The van der Waals surface area contributed by atoms with Crippen LogP contribution in [0.25, 0.3) is 0 Å². The average molecular weight is 344 g/mol. The van der Waals surface area contributed by atoms with Crippen molar-refractivity contribution in [2.45, 2.75) is 40.3 Å². The van der Waals surface area contributed by atoms with Crippen molar-refractivity contribution in [3.63, 3.8) is 0 Å². The standard InChI is InChI=1S/C14H19Cl2N5O/c1-9-14(16)11(3)20(19-9)6-4-5-17-13(22)8-21-10(2)12(15)7-18-21/h7H,4-6,8H2,1-3H3,(H,17,22). The van der Waals surface area contributed by atoms with Gasteiger partial charge in [0, 0.05) is 13.1 Å². The predicted octanol–water partition coefficient (Wildman–Crippen LogP) is 2.52. The lowest BCUT2D eigenvalue weighted by Gasteiger charge is -2.08. The predicted molar refractivity (Wildman–Crippen MR) is 86.3 cm³/mol. The van der Waals surface area contributed by atoms with Crippen LogP contribution in [-0.4, -0.2) is 32.0 Å². The van der Waals surface area contributed by atoms with Crippen molar-refractivity contribution in [3.8, 4) is 0 Å². The monoisotopic (exact) mass is 343 g/mol. The minimum atomic E-state index is -0.0886. The summed E-state index contributed by atoms with van der Waals surface area (Å²) in [6.45, 7) is 7.10. The molecule has 1 amide bonds. The SMILES string of the molecule is Cc1nn(CCCNC(=O)Cn2ncc(Cl)c2C)c(C)c1Cl. The van der Waals surface area contributed by atoms with Crippen molar-refractivity contribution in [1.29, 1.82) is 0 Å². The Kier molecular flexibility index (Phi) is 5.47. The highest BCUT2D eigenvalue weighted by Crippen LogP contribution is 2.18. The highest BCUT2D eigenvalue weighted by Gasteiger charge is 2.10. The molecule has 8 heteroatoms. The molecule has 0 aliphatic heterocycles. The van der Waals surface area contributed by atoms with Crippen LogP contribution >= 0.6 is 23.2 Å². The summed E-state index contributed by atoms with van der Waals surface area (Å²) in [6, 6.07) is 0. The summed E-state index contributed by atoms with van der Waals surface area (Å²) in [5, 5.41) is 12.5. The molecule has 0 aliphatic rings. The first-order chi connectivity index (χ1) is 10.4. The highest BCUT2D eigenvalue weighted by molar-refractivity contribution is 6.31. The summed E-state index contributed by atoms with van der Waals surface area (Å²) in [5.74, 6) is -0.0886. The van der Waals surface area contributed by atoms with Crippen LogP contribution in [0.3, 0.4) is 0 Å². The van der Waals surface area contributed by atoms with E-state index in [1.54, 1.807) is 4.68 Å². The van der Waals surface area contributed by atoms with Crippen molar-refractivity contribution in [2.75, 3.05) is 6.54 Å². The molecule has 0 unspecified atom stereocenters. The van der Waals surface area contributed by atoms with Gasteiger partial charge in [-0.2, -0.15) is 10.2 Å². The van der Waals surface area contributed by atoms with Crippen molar-refractivity contribution < 1.29 is 4.79 Å². The van der Waals surface area contributed by atoms with Gasteiger partial charge in [-0.1, -0.05) is 23.2 Å². The molecule has 22 heavy (non-hydrogen) atoms. The van der Waals surface area contributed by atoms with E-state index < -0.39 is 0 Å². The normalized spacial score (nSPS) is 11.0. The summed E-state index contributed by atoms with van der Waals surface area (Å²) in [5.41, 5.74) is 2.57. The maximum absolute atomic E-state index is 11.9. The largest absolute Gasteiger partial charge is 0.354 e. The zero-order valence-corrected chi connectivity index (χ0v) is 14.4. The van der Waals surface area contributed by atoms with Gasteiger partial charge < -0.3 is 5.32 Å². The second-order valence-electron chi connectivity index (χ2n) is 5.15. The summed E-state index contributed by atoms with van der Waals surface area (Å²) < 4.78 is 3.44. The van der Waals surface area contributed by atoms with Gasteiger partial charge in [0.15, 0.2) is 0 Å².